The number of rotatable bonds is 3. The zero-order chi connectivity index (χ0) is 16.4. The number of fused-ring (bicyclic) bond motifs is 1. The SMILES string of the molecule is CCc1ccc(NC(=O)Nc2ccc3c(c2)oc(=O)n3C)cc1. The fourth-order valence-corrected chi connectivity index (χ4v) is 2.33. The minimum absolute atomic E-state index is 0.355. The van der Waals surface area contributed by atoms with Crippen molar-refractivity contribution in [2.75, 3.05) is 10.6 Å². The number of nitrogens with zero attached hydrogens (tertiary/aromatic N) is 1. The number of urea groups is 1. The Morgan fingerprint density at radius 1 is 1.09 bits per heavy atom. The second-order valence-corrected chi connectivity index (χ2v) is 5.24. The first-order valence-electron chi connectivity index (χ1n) is 7.33. The highest BCUT2D eigenvalue weighted by Crippen LogP contribution is 2.18. The third kappa shape index (κ3) is 3.11. The second kappa shape index (κ2) is 6.00. The molecular formula is C17H17N3O3. The van der Waals surface area contributed by atoms with Crippen LogP contribution < -0.4 is 16.4 Å². The molecule has 6 nitrogen and oxygen atoms in total. The van der Waals surface area contributed by atoms with Gasteiger partial charge in [-0.15, -0.1) is 0 Å². The van der Waals surface area contributed by atoms with E-state index >= 15 is 0 Å². The Bertz CT molecular complexity index is 907. The van der Waals surface area contributed by atoms with Gasteiger partial charge in [0.15, 0.2) is 5.58 Å². The predicted molar refractivity (Wildman–Crippen MR) is 89.9 cm³/mol. The number of aromatic nitrogens is 1. The highest BCUT2D eigenvalue weighted by Gasteiger charge is 2.08. The minimum atomic E-state index is -0.433. The first-order chi connectivity index (χ1) is 11.1. The van der Waals surface area contributed by atoms with Gasteiger partial charge in [0.25, 0.3) is 0 Å². The number of benzene rings is 2. The zero-order valence-electron chi connectivity index (χ0n) is 12.9. The maximum absolute atomic E-state index is 12.0. The number of hydrogen-bond acceptors (Lipinski definition) is 3. The lowest BCUT2D eigenvalue weighted by Crippen LogP contribution is -2.19. The van der Waals surface area contributed by atoms with Crippen molar-refractivity contribution in [3.8, 4) is 0 Å². The molecule has 0 unspecified atom stereocenters. The summed E-state index contributed by atoms with van der Waals surface area (Å²) in [7, 11) is 1.63. The van der Waals surface area contributed by atoms with Crippen LogP contribution in [0, 0.1) is 0 Å². The van der Waals surface area contributed by atoms with Crippen molar-refractivity contribution in [1.29, 1.82) is 0 Å². The Labute approximate surface area is 132 Å². The topological polar surface area (TPSA) is 76.3 Å². The lowest BCUT2D eigenvalue weighted by molar-refractivity contribution is 0.262. The summed E-state index contributed by atoms with van der Waals surface area (Å²) in [6.07, 6.45) is 0.953. The molecule has 0 aliphatic heterocycles. The van der Waals surface area contributed by atoms with Crippen LogP contribution in [-0.2, 0) is 13.5 Å². The molecule has 3 rings (SSSR count). The molecular weight excluding hydrogens is 294 g/mol. The quantitative estimate of drug-likeness (QED) is 0.779. The summed E-state index contributed by atoms with van der Waals surface area (Å²) < 4.78 is 6.51. The van der Waals surface area contributed by atoms with Crippen molar-refractivity contribution in [3.63, 3.8) is 0 Å². The molecule has 3 aromatic rings. The van der Waals surface area contributed by atoms with Crippen molar-refractivity contribution < 1.29 is 9.21 Å². The summed E-state index contributed by atoms with van der Waals surface area (Å²) in [5.74, 6) is -0.433. The van der Waals surface area contributed by atoms with Crippen LogP contribution in [-0.4, -0.2) is 10.6 Å². The molecule has 118 valence electrons. The Morgan fingerprint density at radius 2 is 1.74 bits per heavy atom. The number of anilines is 2. The van der Waals surface area contributed by atoms with Gasteiger partial charge in [-0.3, -0.25) is 4.57 Å². The largest absolute Gasteiger partial charge is 0.419 e. The van der Waals surface area contributed by atoms with Gasteiger partial charge < -0.3 is 15.1 Å². The molecule has 0 saturated carbocycles. The average molecular weight is 311 g/mol. The third-order valence-corrected chi connectivity index (χ3v) is 3.67. The molecule has 0 bridgehead atoms. The number of carbonyl (C=O) groups is 1. The van der Waals surface area contributed by atoms with E-state index in [1.165, 1.54) is 10.1 Å². The number of amides is 2. The van der Waals surface area contributed by atoms with E-state index in [-0.39, 0.29) is 6.03 Å². The second-order valence-electron chi connectivity index (χ2n) is 5.24. The zero-order valence-corrected chi connectivity index (χ0v) is 12.9. The number of aryl methyl sites for hydroxylation is 2. The van der Waals surface area contributed by atoms with Crippen LogP contribution in [0.5, 0.6) is 0 Å². The predicted octanol–water partition coefficient (Wildman–Crippen LogP) is 3.34. The van der Waals surface area contributed by atoms with Crippen molar-refractivity contribution in [3.05, 3.63) is 58.6 Å². The summed E-state index contributed by atoms with van der Waals surface area (Å²) in [6.45, 7) is 2.08. The number of carbonyl (C=O) groups excluding carboxylic acids is 1. The highest BCUT2D eigenvalue weighted by molar-refractivity contribution is 6.00. The minimum Gasteiger partial charge on any atom is -0.408 e. The lowest BCUT2D eigenvalue weighted by Gasteiger charge is -2.08. The van der Waals surface area contributed by atoms with Crippen LogP contribution in [0.15, 0.2) is 51.7 Å². The van der Waals surface area contributed by atoms with Gasteiger partial charge in [0, 0.05) is 24.5 Å². The monoisotopic (exact) mass is 311 g/mol. The van der Waals surface area contributed by atoms with Crippen molar-refractivity contribution >= 4 is 28.5 Å². The molecule has 2 aromatic carbocycles. The standard InChI is InChI=1S/C17H17N3O3/c1-3-11-4-6-12(7-5-11)18-16(21)19-13-8-9-14-15(10-13)23-17(22)20(14)2/h4-10H,3H2,1-2H3,(H2,18,19,21). The fourth-order valence-electron chi connectivity index (χ4n) is 2.33. The van der Waals surface area contributed by atoms with Crippen molar-refractivity contribution in [2.45, 2.75) is 13.3 Å². The van der Waals surface area contributed by atoms with Crippen LogP contribution in [0.1, 0.15) is 12.5 Å². The van der Waals surface area contributed by atoms with Crippen LogP contribution >= 0.6 is 0 Å². The summed E-state index contributed by atoms with van der Waals surface area (Å²) in [4.78, 5) is 23.5. The lowest BCUT2D eigenvalue weighted by atomic mass is 10.1. The van der Waals surface area contributed by atoms with Crippen LogP contribution in [0.3, 0.4) is 0 Å². The number of nitrogens with one attached hydrogen (secondary N) is 2. The summed E-state index contributed by atoms with van der Waals surface area (Å²) in [5, 5.41) is 5.48. The van der Waals surface area contributed by atoms with Gasteiger partial charge in [-0.2, -0.15) is 0 Å². The number of oxazole rings is 1. The number of hydrogen-bond donors (Lipinski definition) is 2. The average Bonchev–Trinajstić information content (AvgIpc) is 2.82. The Kier molecular flexibility index (Phi) is 3.89. The van der Waals surface area contributed by atoms with Gasteiger partial charge in [-0.25, -0.2) is 9.59 Å². The van der Waals surface area contributed by atoms with E-state index in [0.29, 0.717) is 22.5 Å². The Hall–Kier alpha value is -3.02. The van der Waals surface area contributed by atoms with Crippen LogP contribution in [0.25, 0.3) is 11.1 Å². The third-order valence-electron chi connectivity index (χ3n) is 3.67. The Balaban J connectivity index is 1.73. The first-order valence-corrected chi connectivity index (χ1v) is 7.33. The van der Waals surface area contributed by atoms with Crippen LogP contribution in [0.4, 0.5) is 16.2 Å². The normalized spacial score (nSPS) is 10.7. The maximum atomic E-state index is 12.0. The van der Waals surface area contributed by atoms with Gasteiger partial charge in [0.1, 0.15) is 0 Å². The molecule has 6 heteroatoms. The van der Waals surface area contributed by atoms with E-state index in [0.717, 1.165) is 6.42 Å². The van der Waals surface area contributed by atoms with Crippen molar-refractivity contribution in [2.24, 2.45) is 7.05 Å². The van der Waals surface area contributed by atoms with Gasteiger partial charge in [-0.1, -0.05) is 19.1 Å². The molecule has 0 fully saturated rings. The summed E-state index contributed by atoms with van der Waals surface area (Å²) in [5.41, 5.74) is 3.58. The first kappa shape index (κ1) is 14.9. The van der Waals surface area contributed by atoms with E-state index in [9.17, 15) is 9.59 Å². The molecule has 1 heterocycles. The molecule has 0 aliphatic rings. The smallest absolute Gasteiger partial charge is 0.408 e. The molecule has 0 saturated heterocycles. The maximum Gasteiger partial charge on any atom is 0.419 e. The molecule has 0 spiro atoms. The van der Waals surface area contributed by atoms with Gasteiger partial charge in [-0.05, 0) is 36.2 Å². The van der Waals surface area contributed by atoms with Gasteiger partial charge in [0.05, 0.1) is 5.52 Å². The summed E-state index contributed by atoms with van der Waals surface area (Å²) in [6, 6.07) is 12.4. The molecule has 1 aromatic heterocycles. The molecule has 2 N–H and O–H groups in total. The Morgan fingerprint density at radius 3 is 2.43 bits per heavy atom. The van der Waals surface area contributed by atoms with Crippen LogP contribution in [0.2, 0.25) is 0 Å². The van der Waals surface area contributed by atoms with E-state index in [4.69, 9.17) is 4.42 Å². The van der Waals surface area contributed by atoms with E-state index < -0.39 is 5.76 Å². The van der Waals surface area contributed by atoms with E-state index in [2.05, 4.69) is 17.6 Å². The molecule has 0 radical (unpaired) electrons. The molecule has 23 heavy (non-hydrogen) atoms. The van der Waals surface area contributed by atoms with E-state index in [1.54, 1.807) is 25.2 Å². The molecule has 2 amide bonds. The summed E-state index contributed by atoms with van der Waals surface area (Å²) >= 11 is 0. The fraction of sp³-hybridized carbons (Fsp3) is 0.176. The van der Waals surface area contributed by atoms with Gasteiger partial charge in [0.2, 0.25) is 0 Å². The molecule has 0 aliphatic carbocycles. The van der Waals surface area contributed by atoms with E-state index in [1.807, 2.05) is 24.3 Å². The molecule has 0 atom stereocenters. The van der Waals surface area contributed by atoms with Crippen molar-refractivity contribution in [1.82, 2.24) is 4.57 Å². The van der Waals surface area contributed by atoms with Gasteiger partial charge >= 0.3 is 11.8 Å². The highest BCUT2D eigenvalue weighted by atomic mass is 16.4.